The highest BCUT2D eigenvalue weighted by Crippen LogP contribution is 2.32. The molecule has 4 rings (SSSR count). The van der Waals surface area contributed by atoms with Crippen LogP contribution in [0.5, 0.6) is 5.75 Å². The predicted molar refractivity (Wildman–Crippen MR) is 118 cm³/mol. The molecule has 1 aromatic carbocycles. The van der Waals surface area contributed by atoms with Crippen LogP contribution in [0, 0.1) is 5.92 Å². The number of carbonyl (C=O) groups is 2. The lowest BCUT2D eigenvalue weighted by atomic mass is 9.94. The molecule has 1 atom stereocenters. The second-order valence-corrected chi connectivity index (χ2v) is 8.61. The van der Waals surface area contributed by atoms with Gasteiger partial charge in [0.2, 0.25) is 5.91 Å². The minimum absolute atomic E-state index is 0.0626. The number of hydrogen-bond acceptors (Lipinski definition) is 5. The number of benzene rings is 1. The Labute approximate surface area is 184 Å². The number of nitrogens with zero attached hydrogens (tertiary/aromatic N) is 3. The first-order valence-electron chi connectivity index (χ1n) is 11.5. The van der Waals surface area contributed by atoms with E-state index in [1.54, 1.807) is 7.11 Å². The second-order valence-electron chi connectivity index (χ2n) is 8.61. The minimum atomic E-state index is -0.0956. The Morgan fingerprint density at radius 2 is 1.61 bits per heavy atom. The van der Waals surface area contributed by atoms with Gasteiger partial charge in [0.05, 0.1) is 26.4 Å². The van der Waals surface area contributed by atoms with Crippen LogP contribution in [0.25, 0.3) is 0 Å². The quantitative estimate of drug-likeness (QED) is 0.776. The van der Waals surface area contributed by atoms with Crippen molar-refractivity contribution in [3.63, 3.8) is 0 Å². The lowest BCUT2D eigenvalue weighted by Gasteiger charge is -2.42. The first-order valence-corrected chi connectivity index (χ1v) is 11.5. The number of rotatable bonds is 5. The van der Waals surface area contributed by atoms with Crippen LogP contribution in [0.2, 0.25) is 0 Å². The molecule has 3 fully saturated rings. The van der Waals surface area contributed by atoms with Crippen molar-refractivity contribution in [3.8, 4) is 5.75 Å². The number of methoxy groups -OCH3 is 1. The highest BCUT2D eigenvalue weighted by atomic mass is 16.5. The maximum atomic E-state index is 13.4. The highest BCUT2D eigenvalue weighted by Gasteiger charge is 2.39. The van der Waals surface area contributed by atoms with Gasteiger partial charge in [0.25, 0.3) is 0 Å². The van der Waals surface area contributed by atoms with Crippen molar-refractivity contribution in [1.29, 1.82) is 0 Å². The van der Waals surface area contributed by atoms with E-state index in [0.29, 0.717) is 45.3 Å². The molecule has 3 aliphatic rings. The zero-order valence-corrected chi connectivity index (χ0v) is 18.4. The molecule has 0 aromatic heterocycles. The SMILES string of the molecule is COc1ccc(NC(=O)N2CCN(C(C(=O)N3CCOCC3)C3CCCC3)CC2)cc1. The molecule has 1 saturated carbocycles. The fourth-order valence-corrected chi connectivity index (χ4v) is 4.98. The molecule has 0 radical (unpaired) electrons. The Hall–Kier alpha value is -2.32. The standard InChI is InChI=1S/C23H34N4O4/c1-30-20-8-6-19(7-9-20)24-23(29)27-12-10-25(11-13-27)21(18-4-2-3-5-18)22(28)26-14-16-31-17-15-26/h6-9,18,21H,2-5,10-17H2,1H3,(H,24,29). The largest absolute Gasteiger partial charge is 0.497 e. The smallest absolute Gasteiger partial charge is 0.321 e. The third-order valence-corrected chi connectivity index (χ3v) is 6.76. The number of hydrogen-bond donors (Lipinski definition) is 1. The van der Waals surface area contributed by atoms with Gasteiger partial charge in [-0.3, -0.25) is 9.69 Å². The summed E-state index contributed by atoms with van der Waals surface area (Å²) in [7, 11) is 1.62. The van der Waals surface area contributed by atoms with E-state index in [2.05, 4.69) is 10.2 Å². The fourth-order valence-electron chi connectivity index (χ4n) is 4.98. The van der Waals surface area contributed by atoms with E-state index in [-0.39, 0.29) is 18.0 Å². The predicted octanol–water partition coefficient (Wildman–Crippen LogP) is 2.26. The summed E-state index contributed by atoms with van der Waals surface area (Å²) in [5, 5.41) is 2.96. The van der Waals surface area contributed by atoms with Crippen molar-refractivity contribution in [2.24, 2.45) is 5.92 Å². The monoisotopic (exact) mass is 430 g/mol. The van der Waals surface area contributed by atoms with Crippen molar-refractivity contribution < 1.29 is 19.1 Å². The minimum Gasteiger partial charge on any atom is -0.497 e. The van der Waals surface area contributed by atoms with Gasteiger partial charge in [0, 0.05) is 45.0 Å². The van der Waals surface area contributed by atoms with Gasteiger partial charge in [0.1, 0.15) is 5.75 Å². The summed E-state index contributed by atoms with van der Waals surface area (Å²) in [5.74, 6) is 1.44. The van der Waals surface area contributed by atoms with E-state index in [9.17, 15) is 9.59 Å². The molecular weight excluding hydrogens is 396 g/mol. The Morgan fingerprint density at radius 1 is 0.968 bits per heavy atom. The molecule has 0 bridgehead atoms. The van der Waals surface area contributed by atoms with E-state index in [1.807, 2.05) is 34.1 Å². The summed E-state index contributed by atoms with van der Waals surface area (Å²) >= 11 is 0. The number of carbonyl (C=O) groups excluding carboxylic acids is 2. The van der Waals surface area contributed by atoms with Crippen LogP contribution in [0.4, 0.5) is 10.5 Å². The van der Waals surface area contributed by atoms with Crippen molar-refractivity contribution in [3.05, 3.63) is 24.3 Å². The molecule has 8 nitrogen and oxygen atoms in total. The van der Waals surface area contributed by atoms with Gasteiger partial charge in [-0.15, -0.1) is 0 Å². The fraction of sp³-hybridized carbons (Fsp3) is 0.652. The molecule has 1 unspecified atom stereocenters. The Morgan fingerprint density at radius 3 is 2.23 bits per heavy atom. The average Bonchev–Trinajstić information content (AvgIpc) is 3.35. The number of amides is 3. The summed E-state index contributed by atoms with van der Waals surface area (Å²) < 4.78 is 10.6. The molecule has 1 N–H and O–H groups in total. The van der Waals surface area contributed by atoms with Gasteiger partial charge < -0.3 is 24.6 Å². The first-order chi connectivity index (χ1) is 15.2. The highest BCUT2D eigenvalue weighted by molar-refractivity contribution is 5.89. The topological polar surface area (TPSA) is 74.4 Å². The molecule has 2 aliphatic heterocycles. The zero-order chi connectivity index (χ0) is 21.6. The normalized spacial score (nSPS) is 21.7. The number of piperazine rings is 1. The lowest BCUT2D eigenvalue weighted by molar-refractivity contribution is -0.144. The van der Waals surface area contributed by atoms with Crippen molar-refractivity contribution in [2.45, 2.75) is 31.7 Å². The molecule has 3 amide bonds. The maximum Gasteiger partial charge on any atom is 0.321 e. The Kier molecular flexibility index (Phi) is 7.29. The molecule has 1 aromatic rings. The number of morpholine rings is 1. The molecular formula is C23H34N4O4. The summed E-state index contributed by atoms with van der Waals surface area (Å²) in [6.45, 7) is 5.34. The van der Waals surface area contributed by atoms with Crippen molar-refractivity contribution in [2.75, 3.05) is 64.9 Å². The van der Waals surface area contributed by atoms with Crippen LogP contribution in [0.1, 0.15) is 25.7 Å². The van der Waals surface area contributed by atoms with Gasteiger partial charge in [-0.1, -0.05) is 12.8 Å². The first kappa shape index (κ1) is 21.9. The van der Waals surface area contributed by atoms with Crippen LogP contribution >= 0.6 is 0 Å². The Bertz CT molecular complexity index is 736. The van der Waals surface area contributed by atoms with Crippen LogP contribution < -0.4 is 10.1 Å². The van der Waals surface area contributed by atoms with E-state index >= 15 is 0 Å². The van der Waals surface area contributed by atoms with Crippen LogP contribution in [0.15, 0.2) is 24.3 Å². The number of ether oxygens (including phenoxy) is 2. The maximum absolute atomic E-state index is 13.4. The average molecular weight is 431 g/mol. The van der Waals surface area contributed by atoms with Gasteiger partial charge >= 0.3 is 6.03 Å². The van der Waals surface area contributed by atoms with E-state index < -0.39 is 0 Å². The second kappa shape index (κ2) is 10.3. The summed E-state index contributed by atoms with van der Waals surface area (Å²) in [4.78, 5) is 32.3. The van der Waals surface area contributed by atoms with Crippen molar-refractivity contribution >= 4 is 17.6 Å². The Balaban J connectivity index is 1.35. The number of nitrogens with one attached hydrogen (secondary N) is 1. The van der Waals surface area contributed by atoms with Crippen LogP contribution in [-0.2, 0) is 9.53 Å². The summed E-state index contributed by atoms with van der Waals surface area (Å²) in [6, 6.07) is 7.18. The van der Waals surface area contributed by atoms with Crippen LogP contribution in [0.3, 0.4) is 0 Å². The summed E-state index contributed by atoms with van der Waals surface area (Å²) in [6.07, 6.45) is 4.67. The molecule has 1 aliphatic carbocycles. The van der Waals surface area contributed by atoms with Crippen LogP contribution in [-0.4, -0.2) is 92.3 Å². The summed E-state index contributed by atoms with van der Waals surface area (Å²) in [5.41, 5.74) is 0.750. The molecule has 31 heavy (non-hydrogen) atoms. The molecule has 0 spiro atoms. The van der Waals surface area contributed by atoms with Gasteiger partial charge in [-0.05, 0) is 43.0 Å². The van der Waals surface area contributed by atoms with Gasteiger partial charge in [-0.2, -0.15) is 0 Å². The number of anilines is 1. The molecule has 2 saturated heterocycles. The van der Waals surface area contributed by atoms with E-state index in [4.69, 9.17) is 9.47 Å². The number of urea groups is 1. The van der Waals surface area contributed by atoms with Gasteiger partial charge in [0.15, 0.2) is 0 Å². The zero-order valence-electron chi connectivity index (χ0n) is 18.4. The molecule has 170 valence electrons. The van der Waals surface area contributed by atoms with Gasteiger partial charge in [-0.25, -0.2) is 4.79 Å². The van der Waals surface area contributed by atoms with E-state index in [0.717, 1.165) is 37.4 Å². The molecule has 8 heteroatoms. The lowest BCUT2D eigenvalue weighted by Crippen LogP contribution is -2.59. The third kappa shape index (κ3) is 5.30. The molecule has 2 heterocycles. The van der Waals surface area contributed by atoms with E-state index in [1.165, 1.54) is 12.8 Å². The van der Waals surface area contributed by atoms with Crippen molar-refractivity contribution in [1.82, 2.24) is 14.7 Å². The third-order valence-electron chi connectivity index (χ3n) is 6.76.